The van der Waals surface area contributed by atoms with Gasteiger partial charge in [0, 0.05) is 12.0 Å². The van der Waals surface area contributed by atoms with Crippen LogP contribution in [0.25, 0.3) is 0 Å². The van der Waals surface area contributed by atoms with E-state index in [1.807, 2.05) is 6.92 Å². The minimum atomic E-state index is -2.61. The minimum absolute atomic E-state index is 0.0470. The molecule has 3 nitrogen and oxygen atoms in total. The summed E-state index contributed by atoms with van der Waals surface area (Å²) in [7, 11) is -2.61. The van der Waals surface area contributed by atoms with Crippen LogP contribution in [-0.2, 0) is 14.0 Å². The highest BCUT2D eigenvalue weighted by molar-refractivity contribution is 6.99. The van der Waals surface area contributed by atoms with Crippen molar-refractivity contribution in [2.75, 3.05) is 6.61 Å². The highest BCUT2D eigenvalue weighted by Gasteiger charge is 2.55. The zero-order chi connectivity index (χ0) is 21.4. The maximum Gasteiger partial charge on any atom is 0.333 e. The SMILES string of the molecule is CCOC(=O)C1=C[C@@H]2C[C@@H]2[C@@H](O[Si](c2ccccc2)(c2ccccc2)C(C)(C)C)C1. The Morgan fingerprint density at radius 3 is 2.07 bits per heavy atom. The third-order valence-corrected chi connectivity index (χ3v) is 11.5. The van der Waals surface area contributed by atoms with Crippen LogP contribution in [0.1, 0.15) is 40.5 Å². The van der Waals surface area contributed by atoms with E-state index in [0.717, 1.165) is 12.0 Å². The summed E-state index contributed by atoms with van der Waals surface area (Å²) in [5, 5.41) is 2.51. The van der Waals surface area contributed by atoms with Crippen molar-refractivity contribution in [3.05, 3.63) is 72.3 Å². The zero-order valence-electron chi connectivity index (χ0n) is 18.4. The summed E-state index contributed by atoms with van der Waals surface area (Å²) in [5.74, 6) is 0.769. The fraction of sp³-hybridized carbons (Fsp3) is 0.423. The molecule has 4 rings (SSSR count). The predicted octanol–water partition coefficient (Wildman–Crippen LogP) is 4.46. The molecule has 3 atom stereocenters. The molecule has 158 valence electrons. The fourth-order valence-corrected chi connectivity index (χ4v) is 9.70. The maximum absolute atomic E-state index is 12.5. The molecule has 30 heavy (non-hydrogen) atoms. The van der Waals surface area contributed by atoms with Gasteiger partial charge in [0.2, 0.25) is 0 Å². The van der Waals surface area contributed by atoms with Crippen LogP contribution in [-0.4, -0.2) is 27.0 Å². The largest absolute Gasteiger partial charge is 0.463 e. The van der Waals surface area contributed by atoms with E-state index in [1.165, 1.54) is 10.4 Å². The molecule has 2 aromatic carbocycles. The second kappa shape index (κ2) is 8.16. The molecule has 0 amide bonds. The average molecular weight is 421 g/mol. The predicted molar refractivity (Wildman–Crippen MR) is 123 cm³/mol. The van der Waals surface area contributed by atoms with Crippen molar-refractivity contribution < 1.29 is 14.0 Å². The van der Waals surface area contributed by atoms with E-state index in [2.05, 4.69) is 87.5 Å². The van der Waals surface area contributed by atoms with Crippen LogP contribution in [0, 0.1) is 11.8 Å². The Balaban J connectivity index is 1.77. The molecular formula is C26H32O3Si. The minimum Gasteiger partial charge on any atom is -0.463 e. The van der Waals surface area contributed by atoms with Gasteiger partial charge < -0.3 is 9.16 Å². The number of fused-ring (bicyclic) bond motifs is 1. The Morgan fingerprint density at radius 1 is 1.00 bits per heavy atom. The molecule has 1 saturated carbocycles. The van der Waals surface area contributed by atoms with Crippen LogP contribution in [0.15, 0.2) is 72.3 Å². The van der Waals surface area contributed by atoms with Gasteiger partial charge in [0.15, 0.2) is 0 Å². The highest BCUT2D eigenvalue weighted by atomic mass is 28.4. The van der Waals surface area contributed by atoms with Crippen molar-refractivity contribution in [1.82, 2.24) is 0 Å². The van der Waals surface area contributed by atoms with E-state index in [9.17, 15) is 4.79 Å². The Morgan fingerprint density at radius 2 is 1.57 bits per heavy atom. The molecule has 0 N–H and O–H groups in total. The number of carbonyl (C=O) groups excluding carboxylic acids is 1. The van der Waals surface area contributed by atoms with E-state index in [4.69, 9.17) is 9.16 Å². The average Bonchev–Trinajstić information content (AvgIpc) is 3.52. The van der Waals surface area contributed by atoms with Gasteiger partial charge in [0.05, 0.1) is 12.7 Å². The van der Waals surface area contributed by atoms with E-state index in [-0.39, 0.29) is 17.1 Å². The number of rotatable bonds is 6. The van der Waals surface area contributed by atoms with Gasteiger partial charge in [-0.15, -0.1) is 0 Å². The van der Waals surface area contributed by atoms with Crippen LogP contribution < -0.4 is 10.4 Å². The summed E-state index contributed by atoms with van der Waals surface area (Å²) in [5.41, 5.74) is 0.790. The molecule has 0 bridgehead atoms. The molecule has 4 heteroatoms. The lowest BCUT2D eigenvalue weighted by atomic mass is 9.97. The van der Waals surface area contributed by atoms with Gasteiger partial charge in [-0.25, -0.2) is 4.79 Å². The van der Waals surface area contributed by atoms with Gasteiger partial charge in [0.25, 0.3) is 8.32 Å². The lowest BCUT2D eigenvalue weighted by Gasteiger charge is -2.45. The molecule has 0 unspecified atom stereocenters. The Kier molecular flexibility index (Phi) is 5.73. The van der Waals surface area contributed by atoms with Crippen LogP contribution in [0.4, 0.5) is 0 Å². The maximum atomic E-state index is 12.5. The Hall–Kier alpha value is -2.17. The van der Waals surface area contributed by atoms with Crippen molar-refractivity contribution in [3.8, 4) is 0 Å². The van der Waals surface area contributed by atoms with Crippen molar-refractivity contribution in [2.24, 2.45) is 11.8 Å². The van der Waals surface area contributed by atoms with Gasteiger partial charge >= 0.3 is 5.97 Å². The number of esters is 1. The van der Waals surface area contributed by atoms with E-state index < -0.39 is 8.32 Å². The number of hydrogen-bond donors (Lipinski definition) is 0. The van der Waals surface area contributed by atoms with E-state index in [0.29, 0.717) is 24.9 Å². The lowest BCUT2D eigenvalue weighted by Crippen LogP contribution is -2.68. The third kappa shape index (κ3) is 3.79. The number of hydrogen-bond acceptors (Lipinski definition) is 3. The van der Waals surface area contributed by atoms with Crippen molar-refractivity contribution in [3.63, 3.8) is 0 Å². The van der Waals surface area contributed by atoms with Gasteiger partial charge in [-0.05, 0) is 40.6 Å². The van der Waals surface area contributed by atoms with Crippen LogP contribution in [0.5, 0.6) is 0 Å². The normalized spacial score (nSPS) is 23.3. The molecular weight excluding hydrogens is 388 g/mol. The smallest absolute Gasteiger partial charge is 0.333 e. The fourth-order valence-electron chi connectivity index (χ4n) is 4.97. The summed E-state index contributed by atoms with van der Waals surface area (Å²) >= 11 is 0. The monoisotopic (exact) mass is 420 g/mol. The molecule has 1 fully saturated rings. The topological polar surface area (TPSA) is 35.5 Å². The molecule has 0 aromatic heterocycles. The van der Waals surface area contributed by atoms with Crippen molar-refractivity contribution in [1.29, 1.82) is 0 Å². The summed E-state index contributed by atoms with van der Waals surface area (Å²) in [6, 6.07) is 21.5. The number of allylic oxidation sites excluding steroid dienone is 1. The quantitative estimate of drug-likeness (QED) is 0.511. The van der Waals surface area contributed by atoms with Crippen LogP contribution >= 0.6 is 0 Å². The highest BCUT2D eigenvalue weighted by Crippen LogP contribution is 2.51. The van der Waals surface area contributed by atoms with Gasteiger partial charge in [-0.1, -0.05) is 87.5 Å². The summed E-state index contributed by atoms with van der Waals surface area (Å²) in [4.78, 5) is 12.5. The Bertz CT molecular complexity index is 875. The van der Waals surface area contributed by atoms with Crippen LogP contribution in [0.2, 0.25) is 5.04 Å². The summed E-state index contributed by atoms with van der Waals surface area (Å²) < 4.78 is 12.6. The van der Waals surface area contributed by atoms with E-state index >= 15 is 0 Å². The molecule has 2 aliphatic rings. The Labute approximate surface area is 181 Å². The van der Waals surface area contributed by atoms with Gasteiger partial charge in [-0.2, -0.15) is 0 Å². The summed E-state index contributed by atoms with van der Waals surface area (Å²) in [6.45, 7) is 9.17. The van der Waals surface area contributed by atoms with Crippen molar-refractivity contribution in [2.45, 2.75) is 51.7 Å². The molecule has 0 saturated heterocycles. The molecule has 0 spiro atoms. The third-order valence-electron chi connectivity index (χ3n) is 6.49. The standard InChI is InChI=1S/C26H32O3Si/c1-5-28-25(27)20-16-19-17-23(19)24(18-20)29-30(26(2,3)4,21-12-8-6-9-13-21)22-14-10-7-11-15-22/h6-16,19,23-24H,5,17-18H2,1-4H3/t19-,23+,24+/m1/s1. The van der Waals surface area contributed by atoms with E-state index in [1.54, 1.807) is 0 Å². The number of benzene rings is 2. The second-order valence-electron chi connectivity index (χ2n) is 9.50. The zero-order valence-corrected chi connectivity index (χ0v) is 19.4. The summed E-state index contributed by atoms with van der Waals surface area (Å²) in [6.07, 6.45) is 3.93. The first-order valence-electron chi connectivity index (χ1n) is 11.0. The molecule has 0 heterocycles. The van der Waals surface area contributed by atoms with Gasteiger partial charge in [-0.3, -0.25) is 0 Å². The lowest BCUT2D eigenvalue weighted by molar-refractivity contribution is -0.139. The van der Waals surface area contributed by atoms with Gasteiger partial charge in [0.1, 0.15) is 0 Å². The van der Waals surface area contributed by atoms with Crippen LogP contribution in [0.3, 0.4) is 0 Å². The molecule has 0 aliphatic heterocycles. The first-order chi connectivity index (χ1) is 14.4. The first-order valence-corrected chi connectivity index (χ1v) is 12.9. The molecule has 2 aliphatic carbocycles. The number of ether oxygens (including phenoxy) is 1. The first kappa shape index (κ1) is 21.1. The molecule has 0 radical (unpaired) electrons. The van der Waals surface area contributed by atoms with Crippen molar-refractivity contribution >= 4 is 24.7 Å². The molecule has 2 aromatic rings. The second-order valence-corrected chi connectivity index (χ2v) is 13.8. The number of carbonyl (C=O) groups is 1.